The van der Waals surface area contributed by atoms with Gasteiger partial charge in [0.2, 0.25) is 5.88 Å². The smallest absolute Gasteiger partial charge is 0.261 e. The van der Waals surface area contributed by atoms with E-state index in [-0.39, 0.29) is 11.8 Å². The highest BCUT2D eigenvalue weighted by molar-refractivity contribution is 6.07. The molecule has 0 aliphatic carbocycles. The number of hydrogen-bond acceptors (Lipinski definition) is 4. The summed E-state index contributed by atoms with van der Waals surface area (Å²) in [6.45, 7) is 8.36. The fourth-order valence-corrected chi connectivity index (χ4v) is 2.30. The van der Waals surface area contributed by atoms with E-state index in [0.717, 1.165) is 11.3 Å². The van der Waals surface area contributed by atoms with Gasteiger partial charge in [-0.15, -0.1) is 0 Å². The van der Waals surface area contributed by atoms with E-state index in [0.29, 0.717) is 35.8 Å². The molecule has 0 bridgehead atoms. The highest BCUT2D eigenvalue weighted by Gasteiger charge is 2.16. The van der Waals surface area contributed by atoms with E-state index in [1.807, 2.05) is 27.7 Å². The van der Waals surface area contributed by atoms with Crippen molar-refractivity contribution in [2.75, 3.05) is 18.5 Å². The predicted molar refractivity (Wildman–Crippen MR) is 97.3 cm³/mol. The number of aryl methyl sites for hydroxylation is 2. The second-order valence-corrected chi connectivity index (χ2v) is 5.58. The number of carbonyl (C=O) groups excluding carboxylic acids is 2. The highest BCUT2D eigenvalue weighted by Crippen LogP contribution is 2.21. The van der Waals surface area contributed by atoms with Crippen LogP contribution in [0.1, 0.15) is 45.8 Å². The first kappa shape index (κ1) is 18.4. The fraction of sp³-hybridized carbons (Fsp3) is 0.316. The van der Waals surface area contributed by atoms with E-state index in [1.54, 1.807) is 30.3 Å². The number of benzene rings is 1. The van der Waals surface area contributed by atoms with E-state index in [2.05, 4.69) is 15.6 Å². The molecule has 25 heavy (non-hydrogen) atoms. The molecule has 6 heteroatoms. The third-order valence-electron chi connectivity index (χ3n) is 3.61. The van der Waals surface area contributed by atoms with Crippen LogP contribution in [0.25, 0.3) is 0 Å². The van der Waals surface area contributed by atoms with Gasteiger partial charge in [-0.05, 0) is 57.5 Å². The second kappa shape index (κ2) is 8.28. The van der Waals surface area contributed by atoms with Crippen LogP contribution in [-0.4, -0.2) is 29.9 Å². The number of pyridine rings is 1. The second-order valence-electron chi connectivity index (χ2n) is 5.58. The molecule has 2 aromatic rings. The van der Waals surface area contributed by atoms with E-state index in [4.69, 9.17) is 4.74 Å². The first-order chi connectivity index (χ1) is 12.0. The summed E-state index contributed by atoms with van der Waals surface area (Å²) in [6.07, 6.45) is 0. The van der Waals surface area contributed by atoms with Gasteiger partial charge in [-0.2, -0.15) is 0 Å². The van der Waals surface area contributed by atoms with Crippen molar-refractivity contribution in [3.63, 3.8) is 0 Å². The Hall–Kier alpha value is -2.89. The molecule has 0 spiro atoms. The number of aromatic nitrogens is 1. The predicted octanol–water partition coefficient (Wildman–Crippen LogP) is 3.10. The minimum atomic E-state index is -0.327. The molecule has 0 aliphatic heterocycles. The zero-order valence-electron chi connectivity index (χ0n) is 15.0. The highest BCUT2D eigenvalue weighted by atomic mass is 16.5. The Balaban J connectivity index is 2.29. The molecule has 0 unspecified atom stereocenters. The summed E-state index contributed by atoms with van der Waals surface area (Å²) in [5, 5.41) is 5.59. The summed E-state index contributed by atoms with van der Waals surface area (Å²) in [5.41, 5.74) is 3.07. The molecule has 2 N–H and O–H groups in total. The lowest BCUT2D eigenvalue weighted by Crippen LogP contribution is -2.23. The van der Waals surface area contributed by atoms with E-state index in [1.165, 1.54) is 0 Å². The number of anilines is 1. The summed E-state index contributed by atoms with van der Waals surface area (Å²) in [5.74, 6) is -0.199. The largest absolute Gasteiger partial charge is 0.477 e. The molecule has 1 heterocycles. The Morgan fingerprint density at radius 2 is 1.84 bits per heavy atom. The lowest BCUT2D eigenvalue weighted by molar-refractivity contribution is 0.0954. The molecule has 0 atom stereocenters. The van der Waals surface area contributed by atoms with Crippen molar-refractivity contribution >= 4 is 17.5 Å². The van der Waals surface area contributed by atoms with Crippen LogP contribution in [0, 0.1) is 13.8 Å². The van der Waals surface area contributed by atoms with Crippen molar-refractivity contribution in [2.45, 2.75) is 27.7 Å². The van der Waals surface area contributed by atoms with Gasteiger partial charge in [0.25, 0.3) is 11.8 Å². The molecule has 0 radical (unpaired) electrons. The number of nitrogens with zero attached hydrogens (tertiary/aromatic N) is 1. The van der Waals surface area contributed by atoms with Gasteiger partial charge in [-0.25, -0.2) is 4.98 Å². The monoisotopic (exact) mass is 341 g/mol. The molecule has 0 aliphatic rings. The molecule has 0 fully saturated rings. The summed E-state index contributed by atoms with van der Waals surface area (Å²) in [4.78, 5) is 28.9. The average molecular weight is 341 g/mol. The van der Waals surface area contributed by atoms with Gasteiger partial charge in [0.15, 0.2) is 0 Å². The molecule has 2 rings (SSSR count). The van der Waals surface area contributed by atoms with Crippen LogP contribution in [0.3, 0.4) is 0 Å². The quantitative estimate of drug-likeness (QED) is 0.846. The lowest BCUT2D eigenvalue weighted by atomic mass is 10.1. The van der Waals surface area contributed by atoms with Crippen LogP contribution in [-0.2, 0) is 0 Å². The van der Waals surface area contributed by atoms with Gasteiger partial charge >= 0.3 is 0 Å². The van der Waals surface area contributed by atoms with E-state index >= 15 is 0 Å². The van der Waals surface area contributed by atoms with E-state index < -0.39 is 0 Å². The molecule has 6 nitrogen and oxygen atoms in total. The fourth-order valence-electron chi connectivity index (χ4n) is 2.30. The minimum absolute atomic E-state index is 0.176. The molecule has 1 aromatic carbocycles. The lowest BCUT2D eigenvalue weighted by Gasteiger charge is -2.13. The zero-order valence-corrected chi connectivity index (χ0v) is 15.0. The van der Waals surface area contributed by atoms with Crippen molar-refractivity contribution < 1.29 is 14.3 Å². The number of rotatable bonds is 6. The summed E-state index contributed by atoms with van der Waals surface area (Å²) < 4.78 is 5.46. The normalized spacial score (nSPS) is 10.2. The Morgan fingerprint density at radius 1 is 1.08 bits per heavy atom. The molecular weight excluding hydrogens is 318 g/mol. The first-order valence-electron chi connectivity index (χ1n) is 8.26. The van der Waals surface area contributed by atoms with Crippen molar-refractivity contribution in [1.29, 1.82) is 0 Å². The maximum absolute atomic E-state index is 12.6. The van der Waals surface area contributed by atoms with Crippen LogP contribution >= 0.6 is 0 Å². The number of nitrogens with one attached hydrogen (secondary N) is 2. The molecule has 2 amide bonds. The zero-order chi connectivity index (χ0) is 18.4. The topological polar surface area (TPSA) is 80.3 Å². The maximum Gasteiger partial charge on any atom is 0.261 e. The van der Waals surface area contributed by atoms with E-state index in [9.17, 15) is 9.59 Å². The molecule has 0 saturated heterocycles. The first-order valence-corrected chi connectivity index (χ1v) is 8.26. The Labute approximate surface area is 147 Å². The Kier molecular flexibility index (Phi) is 6.11. The van der Waals surface area contributed by atoms with Crippen LogP contribution in [0.4, 0.5) is 5.69 Å². The van der Waals surface area contributed by atoms with Gasteiger partial charge in [0, 0.05) is 23.5 Å². The van der Waals surface area contributed by atoms with Crippen LogP contribution < -0.4 is 15.4 Å². The number of ether oxygens (including phenoxy) is 1. The van der Waals surface area contributed by atoms with Crippen LogP contribution in [0.5, 0.6) is 5.88 Å². The van der Waals surface area contributed by atoms with Gasteiger partial charge in [-0.3, -0.25) is 9.59 Å². The van der Waals surface area contributed by atoms with Crippen LogP contribution in [0.2, 0.25) is 0 Å². The van der Waals surface area contributed by atoms with Gasteiger partial charge in [0.1, 0.15) is 5.56 Å². The van der Waals surface area contributed by atoms with Crippen LogP contribution in [0.15, 0.2) is 30.3 Å². The third kappa shape index (κ3) is 4.56. The molecule has 0 saturated carbocycles. The third-order valence-corrected chi connectivity index (χ3v) is 3.61. The molecule has 132 valence electrons. The number of hydrogen-bond donors (Lipinski definition) is 2. The average Bonchev–Trinajstić information content (AvgIpc) is 2.57. The molecular formula is C19H23N3O3. The SMILES string of the molecule is CCNC(=O)c1ccc(C)c(NC(=O)c2ccc(C)nc2OCC)c1. The van der Waals surface area contributed by atoms with Crippen molar-refractivity contribution in [3.05, 3.63) is 52.7 Å². The number of carbonyl (C=O) groups is 2. The minimum Gasteiger partial charge on any atom is -0.477 e. The van der Waals surface area contributed by atoms with Crippen molar-refractivity contribution in [2.24, 2.45) is 0 Å². The van der Waals surface area contributed by atoms with Gasteiger partial charge in [-0.1, -0.05) is 6.07 Å². The van der Waals surface area contributed by atoms with Crippen molar-refractivity contribution in [3.8, 4) is 5.88 Å². The number of amides is 2. The maximum atomic E-state index is 12.6. The summed E-state index contributed by atoms with van der Waals surface area (Å²) in [6, 6.07) is 8.65. The molecule has 1 aromatic heterocycles. The van der Waals surface area contributed by atoms with Crippen molar-refractivity contribution in [1.82, 2.24) is 10.3 Å². The summed E-state index contributed by atoms with van der Waals surface area (Å²) in [7, 11) is 0. The van der Waals surface area contributed by atoms with Gasteiger partial charge in [0.05, 0.1) is 6.61 Å². The Bertz CT molecular complexity index is 787. The summed E-state index contributed by atoms with van der Waals surface area (Å²) >= 11 is 0. The standard InChI is InChI=1S/C19H23N3O3/c1-5-20-17(23)14-9-7-12(3)16(11-14)22-18(24)15-10-8-13(4)21-19(15)25-6-2/h7-11H,5-6H2,1-4H3,(H,20,23)(H,22,24). The Morgan fingerprint density at radius 3 is 2.52 bits per heavy atom. The van der Waals surface area contributed by atoms with Gasteiger partial charge < -0.3 is 15.4 Å².